The van der Waals surface area contributed by atoms with Gasteiger partial charge < -0.3 is 10.3 Å². The molecule has 2 heterocycles. The van der Waals surface area contributed by atoms with Gasteiger partial charge in [0.15, 0.2) is 15.9 Å². The summed E-state index contributed by atoms with van der Waals surface area (Å²) in [6.45, 7) is 0.408. The van der Waals surface area contributed by atoms with E-state index in [-0.39, 0.29) is 11.5 Å². The normalized spacial score (nSPS) is 11.1. The molecular formula is C12H9BrClN5O. The third-order valence-electron chi connectivity index (χ3n) is 2.87. The Kier molecular flexibility index (Phi) is 3.23. The van der Waals surface area contributed by atoms with Gasteiger partial charge in [0.1, 0.15) is 0 Å². The van der Waals surface area contributed by atoms with Crippen LogP contribution in [0.3, 0.4) is 0 Å². The molecule has 2 aromatic heterocycles. The SMILES string of the molecule is Nc1nc2nc(Br)n(Cc3ccccc3Cl)c2c(=O)[nH]1. The molecule has 0 aliphatic rings. The maximum atomic E-state index is 12.0. The molecule has 3 aromatic rings. The molecule has 0 spiro atoms. The summed E-state index contributed by atoms with van der Waals surface area (Å²) in [6.07, 6.45) is 0. The fourth-order valence-corrected chi connectivity index (χ4v) is 2.64. The Labute approximate surface area is 126 Å². The van der Waals surface area contributed by atoms with Crippen molar-refractivity contribution in [2.75, 3.05) is 5.73 Å². The highest BCUT2D eigenvalue weighted by Crippen LogP contribution is 2.21. The molecular weight excluding hydrogens is 346 g/mol. The Morgan fingerprint density at radius 3 is 2.85 bits per heavy atom. The van der Waals surface area contributed by atoms with Crippen molar-refractivity contribution in [3.63, 3.8) is 0 Å². The van der Waals surface area contributed by atoms with Gasteiger partial charge >= 0.3 is 0 Å². The van der Waals surface area contributed by atoms with Crippen LogP contribution in [0.15, 0.2) is 33.8 Å². The number of benzene rings is 1. The number of hydrogen-bond donors (Lipinski definition) is 2. The third kappa shape index (κ3) is 2.19. The van der Waals surface area contributed by atoms with Crippen molar-refractivity contribution >= 4 is 44.6 Å². The Hall–Kier alpha value is -1.86. The number of nitrogen functional groups attached to an aromatic ring is 1. The highest BCUT2D eigenvalue weighted by atomic mass is 79.9. The Morgan fingerprint density at radius 2 is 2.10 bits per heavy atom. The zero-order chi connectivity index (χ0) is 14.3. The molecule has 0 saturated carbocycles. The van der Waals surface area contributed by atoms with Crippen LogP contribution in [-0.4, -0.2) is 19.5 Å². The standard InChI is InChI=1S/C12H9BrClN5O/c13-11-16-9-8(10(20)18-12(15)17-9)19(11)5-6-3-1-2-4-7(6)14/h1-4H,5H2,(H3,15,17,18,20). The van der Waals surface area contributed by atoms with Crippen molar-refractivity contribution in [3.8, 4) is 0 Å². The molecule has 0 radical (unpaired) electrons. The van der Waals surface area contributed by atoms with E-state index in [0.717, 1.165) is 5.56 Å². The first-order chi connectivity index (χ1) is 9.56. The van der Waals surface area contributed by atoms with Crippen LogP contribution in [0.5, 0.6) is 0 Å². The highest BCUT2D eigenvalue weighted by molar-refractivity contribution is 9.10. The average molecular weight is 355 g/mol. The van der Waals surface area contributed by atoms with E-state index in [4.69, 9.17) is 17.3 Å². The topological polar surface area (TPSA) is 89.6 Å². The van der Waals surface area contributed by atoms with Gasteiger partial charge in [-0.1, -0.05) is 29.8 Å². The largest absolute Gasteiger partial charge is 0.369 e. The molecule has 0 saturated heterocycles. The number of nitrogens with two attached hydrogens (primary N) is 1. The van der Waals surface area contributed by atoms with Crippen LogP contribution < -0.4 is 11.3 Å². The molecule has 0 atom stereocenters. The first-order valence-electron chi connectivity index (χ1n) is 5.71. The molecule has 102 valence electrons. The van der Waals surface area contributed by atoms with Crippen LogP contribution in [-0.2, 0) is 6.54 Å². The first-order valence-corrected chi connectivity index (χ1v) is 6.88. The predicted molar refractivity (Wildman–Crippen MR) is 80.8 cm³/mol. The molecule has 0 fully saturated rings. The summed E-state index contributed by atoms with van der Waals surface area (Å²) in [6, 6.07) is 7.42. The molecule has 0 aliphatic carbocycles. The molecule has 0 aliphatic heterocycles. The molecule has 0 bridgehead atoms. The van der Waals surface area contributed by atoms with Gasteiger partial charge in [0.25, 0.3) is 5.56 Å². The van der Waals surface area contributed by atoms with E-state index < -0.39 is 0 Å². The molecule has 20 heavy (non-hydrogen) atoms. The first kappa shape index (κ1) is 13.1. The van der Waals surface area contributed by atoms with Gasteiger partial charge in [0, 0.05) is 5.02 Å². The minimum Gasteiger partial charge on any atom is -0.369 e. The van der Waals surface area contributed by atoms with Crippen molar-refractivity contribution in [2.45, 2.75) is 6.54 Å². The van der Waals surface area contributed by atoms with E-state index >= 15 is 0 Å². The average Bonchev–Trinajstić information content (AvgIpc) is 2.68. The van der Waals surface area contributed by atoms with Crippen molar-refractivity contribution in [1.29, 1.82) is 0 Å². The quantitative estimate of drug-likeness (QED) is 0.690. The molecule has 0 unspecified atom stereocenters. The maximum Gasteiger partial charge on any atom is 0.278 e. The fourth-order valence-electron chi connectivity index (χ4n) is 1.97. The van der Waals surface area contributed by atoms with E-state index in [0.29, 0.717) is 27.5 Å². The Bertz CT molecular complexity index is 857. The van der Waals surface area contributed by atoms with Crippen molar-refractivity contribution in [3.05, 3.63) is 49.9 Å². The maximum absolute atomic E-state index is 12.0. The lowest BCUT2D eigenvalue weighted by Gasteiger charge is -2.07. The number of H-pyrrole nitrogens is 1. The second-order valence-corrected chi connectivity index (χ2v) is 5.30. The van der Waals surface area contributed by atoms with Crippen LogP contribution >= 0.6 is 27.5 Å². The third-order valence-corrected chi connectivity index (χ3v) is 3.85. The van der Waals surface area contributed by atoms with E-state index in [1.165, 1.54) is 0 Å². The predicted octanol–water partition coefficient (Wildman–Crippen LogP) is 2.17. The number of fused-ring (bicyclic) bond motifs is 1. The molecule has 8 heteroatoms. The number of aromatic nitrogens is 4. The Morgan fingerprint density at radius 1 is 1.35 bits per heavy atom. The van der Waals surface area contributed by atoms with Crippen molar-refractivity contribution in [2.24, 2.45) is 0 Å². The summed E-state index contributed by atoms with van der Waals surface area (Å²) in [7, 11) is 0. The fraction of sp³-hybridized carbons (Fsp3) is 0.0833. The van der Waals surface area contributed by atoms with Crippen molar-refractivity contribution in [1.82, 2.24) is 19.5 Å². The van der Waals surface area contributed by atoms with E-state index in [9.17, 15) is 4.79 Å². The molecule has 3 N–H and O–H groups in total. The number of nitrogens with one attached hydrogen (secondary N) is 1. The number of aromatic amines is 1. The van der Waals surface area contributed by atoms with Gasteiger partial charge in [-0.25, -0.2) is 4.98 Å². The number of imidazole rings is 1. The number of rotatable bonds is 2. The molecule has 3 rings (SSSR count). The summed E-state index contributed by atoms with van der Waals surface area (Å²) in [5.74, 6) is 0.0393. The summed E-state index contributed by atoms with van der Waals surface area (Å²) in [5.41, 5.74) is 6.70. The van der Waals surface area contributed by atoms with Gasteiger partial charge in [-0.15, -0.1) is 0 Å². The van der Waals surface area contributed by atoms with E-state index in [1.54, 1.807) is 10.6 Å². The number of hydrogen-bond acceptors (Lipinski definition) is 4. The van der Waals surface area contributed by atoms with E-state index in [2.05, 4.69) is 30.9 Å². The molecule has 0 amide bonds. The van der Waals surface area contributed by atoms with Gasteiger partial charge in [-0.3, -0.25) is 9.78 Å². The van der Waals surface area contributed by atoms with Gasteiger partial charge in [0.2, 0.25) is 5.95 Å². The molecule has 6 nitrogen and oxygen atoms in total. The van der Waals surface area contributed by atoms with Gasteiger partial charge in [-0.2, -0.15) is 4.98 Å². The summed E-state index contributed by atoms with van der Waals surface area (Å²) in [5, 5.41) is 0.626. The minimum absolute atomic E-state index is 0.0393. The zero-order valence-electron chi connectivity index (χ0n) is 10.1. The lowest BCUT2D eigenvalue weighted by molar-refractivity contribution is 0.796. The molecule has 1 aromatic carbocycles. The summed E-state index contributed by atoms with van der Waals surface area (Å²) >= 11 is 9.46. The van der Waals surface area contributed by atoms with Crippen LogP contribution in [0.4, 0.5) is 5.95 Å². The summed E-state index contributed by atoms with van der Waals surface area (Å²) < 4.78 is 2.19. The Balaban J connectivity index is 2.20. The van der Waals surface area contributed by atoms with Gasteiger partial charge in [0.05, 0.1) is 6.54 Å². The zero-order valence-corrected chi connectivity index (χ0v) is 12.4. The number of nitrogens with zero attached hydrogens (tertiary/aromatic N) is 3. The number of halogens is 2. The van der Waals surface area contributed by atoms with Crippen LogP contribution in [0.25, 0.3) is 11.2 Å². The van der Waals surface area contributed by atoms with Crippen molar-refractivity contribution < 1.29 is 0 Å². The second-order valence-electron chi connectivity index (χ2n) is 4.18. The van der Waals surface area contributed by atoms with Crippen LogP contribution in [0.1, 0.15) is 5.56 Å². The van der Waals surface area contributed by atoms with Gasteiger partial charge in [-0.05, 0) is 27.6 Å². The monoisotopic (exact) mass is 353 g/mol. The lowest BCUT2D eigenvalue weighted by Crippen LogP contribution is -2.15. The second kappa shape index (κ2) is 4.92. The lowest BCUT2D eigenvalue weighted by atomic mass is 10.2. The van der Waals surface area contributed by atoms with Crippen LogP contribution in [0.2, 0.25) is 5.02 Å². The minimum atomic E-state index is -0.335. The van der Waals surface area contributed by atoms with E-state index in [1.807, 2.05) is 18.2 Å². The van der Waals surface area contributed by atoms with Crippen LogP contribution in [0, 0.1) is 0 Å². The summed E-state index contributed by atoms with van der Waals surface area (Å²) in [4.78, 5) is 22.7. The smallest absolute Gasteiger partial charge is 0.278 e. The number of anilines is 1. The highest BCUT2D eigenvalue weighted by Gasteiger charge is 2.15.